The van der Waals surface area contributed by atoms with Crippen molar-refractivity contribution in [2.24, 2.45) is 5.92 Å². The summed E-state index contributed by atoms with van der Waals surface area (Å²) in [5.74, 6) is 2.15. The van der Waals surface area contributed by atoms with Gasteiger partial charge in [0.15, 0.2) is 5.76 Å². The van der Waals surface area contributed by atoms with Gasteiger partial charge in [0.05, 0.1) is 12.4 Å². The van der Waals surface area contributed by atoms with Crippen molar-refractivity contribution in [2.45, 2.75) is 33.7 Å². The maximum atomic E-state index is 5.84. The van der Waals surface area contributed by atoms with E-state index in [1.807, 2.05) is 24.0 Å². The molecule has 0 unspecified atom stereocenters. The monoisotopic (exact) mass is 269 g/mol. The van der Waals surface area contributed by atoms with Crippen molar-refractivity contribution in [1.82, 2.24) is 14.8 Å². The van der Waals surface area contributed by atoms with Crippen LogP contribution in [0.25, 0.3) is 5.57 Å². The van der Waals surface area contributed by atoms with Gasteiger partial charge < -0.3 is 4.42 Å². The molecule has 4 heteroatoms. The molecule has 0 bridgehead atoms. The Balaban J connectivity index is 1.77. The van der Waals surface area contributed by atoms with Gasteiger partial charge in [-0.1, -0.05) is 24.6 Å². The number of rotatable bonds is 3. The van der Waals surface area contributed by atoms with E-state index in [9.17, 15) is 0 Å². The van der Waals surface area contributed by atoms with Crippen LogP contribution < -0.4 is 0 Å². The summed E-state index contributed by atoms with van der Waals surface area (Å²) in [6, 6.07) is 0. The third-order valence-corrected chi connectivity index (χ3v) is 3.75. The largest absolute Gasteiger partial charge is 0.439 e. The zero-order chi connectivity index (χ0) is 14.1. The number of allylic oxidation sites excluding steroid dienone is 4. The molecule has 0 fully saturated rings. The van der Waals surface area contributed by atoms with E-state index in [0.29, 0.717) is 18.4 Å². The van der Waals surface area contributed by atoms with Gasteiger partial charge in [0.1, 0.15) is 6.54 Å². The maximum Gasteiger partial charge on any atom is 0.216 e. The van der Waals surface area contributed by atoms with Gasteiger partial charge in [-0.05, 0) is 31.7 Å². The summed E-state index contributed by atoms with van der Waals surface area (Å²) in [7, 11) is 0. The lowest BCUT2D eigenvalue weighted by atomic mass is 9.90. The molecule has 2 aromatic heterocycles. The quantitative estimate of drug-likeness (QED) is 0.855. The summed E-state index contributed by atoms with van der Waals surface area (Å²) in [6.45, 7) is 7.00. The second kappa shape index (κ2) is 5.12. The Morgan fingerprint density at radius 2 is 2.20 bits per heavy atom. The molecule has 1 aliphatic carbocycles. The van der Waals surface area contributed by atoms with E-state index in [0.717, 1.165) is 23.3 Å². The van der Waals surface area contributed by atoms with E-state index in [1.165, 1.54) is 5.57 Å². The van der Waals surface area contributed by atoms with Gasteiger partial charge in [0.25, 0.3) is 0 Å². The second-order valence-electron chi connectivity index (χ2n) is 5.52. The summed E-state index contributed by atoms with van der Waals surface area (Å²) in [4.78, 5) is 4.34. The van der Waals surface area contributed by atoms with Gasteiger partial charge in [-0.25, -0.2) is 4.98 Å². The summed E-state index contributed by atoms with van der Waals surface area (Å²) in [5.41, 5.74) is 3.67. The van der Waals surface area contributed by atoms with Crippen LogP contribution in [0.15, 0.2) is 40.7 Å². The Morgan fingerprint density at radius 3 is 2.90 bits per heavy atom. The maximum absolute atomic E-state index is 5.84. The Hall–Kier alpha value is -2.10. The van der Waals surface area contributed by atoms with Gasteiger partial charge >= 0.3 is 0 Å². The predicted octanol–water partition coefficient (Wildman–Crippen LogP) is 3.60. The minimum atomic E-state index is 0.570. The summed E-state index contributed by atoms with van der Waals surface area (Å²) in [5, 5.41) is 4.24. The normalized spacial score (nSPS) is 18.9. The van der Waals surface area contributed by atoms with Crippen molar-refractivity contribution in [1.29, 1.82) is 0 Å². The molecule has 0 N–H and O–H groups in total. The van der Waals surface area contributed by atoms with Crippen LogP contribution in [-0.2, 0) is 6.54 Å². The van der Waals surface area contributed by atoms with Crippen LogP contribution in [0.1, 0.15) is 37.5 Å². The molecular formula is C16H19N3O. The van der Waals surface area contributed by atoms with Crippen molar-refractivity contribution in [3.8, 4) is 0 Å². The fourth-order valence-electron chi connectivity index (χ4n) is 2.32. The first-order valence-electron chi connectivity index (χ1n) is 6.94. The van der Waals surface area contributed by atoms with E-state index >= 15 is 0 Å². The predicted molar refractivity (Wildman–Crippen MR) is 78.1 cm³/mol. The van der Waals surface area contributed by atoms with Crippen LogP contribution >= 0.6 is 0 Å². The highest BCUT2D eigenvalue weighted by molar-refractivity contribution is 5.72. The van der Waals surface area contributed by atoms with Crippen LogP contribution in [0, 0.1) is 12.8 Å². The molecule has 0 amide bonds. The fraction of sp³-hybridized carbons (Fsp3) is 0.375. The van der Waals surface area contributed by atoms with E-state index < -0.39 is 0 Å². The van der Waals surface area contributed by atoms with Crippen LogP contribution in [0.2, 0.25) is 0 Å². The average molecular weight is 269 g/mol. The second-order valence-corrected chi connectivity index (χ2v) is 5.52. The molecule has 104 valence electrons. The fourth-order valence-corrected chi connectivity index (χ4v) is 2.32. The summed E-state index contributed by atoms with van der Waals surface area (Å²) < 4.78 is 7.67. The lowest BCUT2D eigenvalue weighted by Gasteiger charge is -2.15. The minimum absolute atomic E-state index is 0.570. The van der Waals surface area contributed by atoms with Gasteiger partial charge in [0.2, 0.25) is 5.89 Å². The average Bonchev–Trinajstić information content (AvgIpc) is 3.03. The smallest absolute Gasteiger partial charge is 0.216 e. The molecule has 2 aromatic rings. The number of hydrogen-bond acceptors (Lipinski definition) is 3. The Bertz CT molecular complexity index is 675. The highest BCUT2D eigenvalue weighted by atomic mass is 16.4. The third-order valence-electron chi connectivity index (χ3n) is 3.75. The first-order chi connectivity index (χ1) is 9.61. The summed E-state index contributed by atoms with van der Waals surface area (Å²) in [6.07, 6.45) is 11.1. The molecule has 0 aliphatic heterocycles. The van der Waals surface area contributed by atoms with Crippen molar-refractivity contribution < 1.29 is 4.42 Å². The van der Waals surface area contributed by atoms with Crippen molar-refractivity contribution in [2.75, 3.05) is 0 Å². The molecule has 0 radical (unpaired) electrons. The molecule has 2 heterocycles. The molecule has 4 nitrogen and oxygen atoms in total. The minimum Gasteiger partial charge on any atom is -0.439 e. The lowest BCUT2D eigenvalue weighted by Crippen LogP contribution is -2.00. The molecule has 0 aromatic carbocycles. The topological polar surface area (TPSA) is 43.9 Å². The SMILES string of the molecule is CC1=CC(c2cnc(Cn3cc(C)cn3)o2)=CC[C@@H]1C. The van der Waals surface area contributed by atoms with Crippen molar-refractivity contribution in [3.63, 3.8) is 0 Å². The molecule has 3 rings (SSSR count). The molecule has 1 atom stereocenters. The Morgan fingerprint density at radius 1 is 1.35 bits per heavy atom. The van der Waals surface area contributed by atoms with E-state index in [4.69, 9.17) is 4.42 Å². The van der Waals surface area contributed by atoms with Crippen LogP contribution in [0.3, 0.4) is 0 Å². The first kappa shape index (κ1) is 12.9. The van der Waals surface area contributed by atoms with Crippen LogP contribution in [0.4, 0.5) is 0 Å². The van der Waals surface area contributed by atoms with Gasteiger partial charge in [-0.15, -0.1) is 0 Å². The standard InChI is InChI=1S/C16H19N3O/c1-11-7-18-19(9-11)10-16-17-8-15(20-16)14-5-4-12(2)13(3)6-14/h5-9,12H,4,10H2,1-3H3/t12-/m0/s1. The van der Waals surface area contributed by atoms with Gasteiger partial charge in [-0.3, -0.25) is 4.68 Å². The van der Waals surface area contributed by atoms with Crippen molar-refractivity contribution in [3.05, 3.63) is 53.5 Å². The van der Waals surface area contributed by atoms with Crippen LogP contribution in [-0.4, -0.2) is 14.8 Å². The van der Waals surface area contributed by atoms with Gasteiger partial charge in [0, 0.05) is 11.8 Å². The lowest BCUT2D eigenvalue weighted by molar-refractivity contribution is 0.457. The van der Waals surface area contributed by atoms with Crippen LogP contribution in [0.5, 0.6) is 0 Å². The molecule has 0 spiro atoms. The molecule has 0 saturated heterocycles. The molecule has 0 saturated carbocycles. The number of nitrogens with zero attached hydrogens (tertiary/aromatic N) is 3. The zero-order valence-corrected chi connectivity index (χ0v) is 12.1. The number of aromatic nitrogens is 3. The Labute approximate surface area is 118 Å². The number of hydrogen-bond donors (Lipinski definition) is 0. The van der Waals surface area contributed by atoms with Gasteiger partial charge in [-0.2, -0.15) is 5.10 Å². The van der Waals surface area contributed by atoms with Crippen molar-refractivity contribution >= 4 is 5.57 Å². The molecule has 20 heavy (non-hydrogen) atoms. The third kappa shape index (κ3) is 2.59. The molecular weight excluding hydrogens is 250 g/mol. The summed E-state index contributed by atoms with van der Waals surface area (Å²) >= 11 is 0. The van der Waals surface area contributed by atoms with E-state index in [2.05, 4.69) is 36.1 Å². The first-order valence-corrected chi connectivity index (χ1v) is 6.94. The van der Waals surface area contributed by atoms with E-state index in [1.54, 1.807) is 6.20 Å². The highest BCUT2D eigenvalue weighted by Crippen LogP contribution is 2.29. The Kier molecular flexibility index (Phi) is 3.30. The van der Waals surface area contributed by atoms with E-state index in [-0.39, 0.29) is 0 Å². The zero-order valence-electron chi connectivity index (χ0n) is 12.1. The highest BCUT2D eigenvalue weighted by Gasteiger charge is 2.14. The number of aryl methyl sites for hydroxylation is 1. The molecule has 1 aliphatic rings. The number of oxazole rings is 1.